The fourth-order valence-electron chi connectivity index (χ4n) is 2.62. The van der Waals surface area contributed by atoms with Gasteiger partial charge in [0.05, 0.1) is 5.57 Å². The predicted octanol–water partition coefficient (Wildman–Crippen LogP) is 6.61. The van der Waals surface area contributed by atoms with E-state index in [0.717, 1.165) is 0 Å². The molecule has 1 aliphatic carbocycles. The first kappa shape index (κ1) is 18.4. The average Bonchev–Trinajstić information content (AvgIpc) is 3.36. The van der Waals surface area contributed by atoms with Gasteiger partial charge in [0.15, 0.2) is 0 Å². The normalized spacial score (nSPS) is 19.5. The van der Waals surface area contributed by atoms with Crippen molar-refractivity contribution < 1.29 is 17.6 Å². The Bertz CT molecular complexity index is 978. The smallest absolute Gasteiger partial charge is 0.201 e. The number of hydrogen-bond donors (Lipinski definition) is 0. The van der Waals surface area contributed by atoms with Gasteiger partial charge >= 0.3 is 6.18 Å². The summed E-state index contributed by atoms with van der Waals surface area (Å²) in [6.07, 6.45) is -5.10. The van der Waals surface area contributed by atoms with E-state index in [4.69, 9.17) is 0 Å². The summed E-state index contributed by atoms with van der Waals surface area (Å²) in [6, 6.07) is 18.9. The summed E-state index contributed by atoms with van der Waals surface area (Å²) >= 11 is 1.89. The van der Waals surface area contributed by atoms with Crippen molar-refractivity contribution in [3.63, 3.8) is 0 Å². The first-order valence-electron chi connectivity index (χ1n) is 7.49. The predicted molar refractivity (Wildman–Crippen MR) is 101 cm³/mol. The van der Waals surface area contributed by atoms with Crippen molar-refractivity contribution in [1.29, 1.82) is 5.26 Å². The van der Waals surface area contributed by atoms with Gasteiger partial charge in [0.1, 0.15) is 6.07 Å². The van der Waals surface area contributed by atoms with E-state index in [-0.39, 0.29) is 16.7 Å². The Labute approximate surface area is 161 Å². The molecule has 26 heavy (non-hydrogen) atoms. The monoisotopic (exact) mass is 467 g/mol. The molecule has 1 saturated carbocycles. The Morgan fingerprint density at radius 3 is 1.77 bits per heavy atom. The minimum Gasteiger partial charge on any atom is -0.201 e. The largest absolute Gasteiger partial charge is 0.443 e. The van der Waals surface area contributed by atoms with Gasteiger partial charge in [-0.05, 0) is 33.7 Å². The molecule has 0 aliphatic heterocycles. The zero-order valence-electron chi connectivity index (χ0n) is 13.1. The van der Waals surface area contributed by atoms with Crippen LogP contribution < -0.4 is 0 Å². The van der Waals surface area contributed by atoms with Crippen molar-refractivity contribution >= 4 is 31.7 Å². The van der Waals surface area contributed by atoms with Crippen LogP contribution in [0.3, 0.4) is 0 Å². The fourth-order valence-corrected chi connectivity index (χ4v) is 3.52. The molecule has 6 heteroatoms. The molecule has 2 aromatic rings. The Kier molecular flexibility index (Phi) is 5.01. The molecule has 0 heterocycles. The van der Waals surface area contributed by atoms with E-state index in [9.17, 15) is 22.8 Å². The highest BCUT2D eigenvalue weighted by Gasteiger charge is 2.48. The average molecular weight is 467 g/mol. The van der Waals surface area contributed by atoms with Gasteiger partial charge < -0.3 is 0 Å². The molecule has 0 aromatic heterocycles. The van der Waals surface area contributed by atoms with Crippen LogP contribution in [0.1, 0.15) is 11.1 Å². The molecule has 0 N–H and O–H groups in total. The van der Waals surface area contributed by atoms with Crippen molar-refractivity contribution in [2.24, 2.45) is 0 Å². The molecule has 2 aromatic carbocycles. The van der Waals surface area contributed by atoms with Crippen LogP contribution in [-0.2, 0) is 0 Å². The second-order valence-electron chi connectivity index (χ2n) is 5.47. The first-order valence-corrected chi connectivity index (χ1v) is 8.57. The molecule has 1 fully saturated rings. The lowest BCUT2D eigenvalue weighted by Gasteiger charge is -2.00. The van der Waals surface area contributed by atoms with Crippen LogP contribution in [0.15, 0.2) is 83.2 Å². The number of allylic oxidation sites excluding steroid dienone is 5. The molecule has 1 aliphatic rings. The summed E-state index contributed by atoms with van der Waals surface area (Å²) in [5.74, 6) is -2.17. The van der Waals surface area contributed by atoms with Crippen molar-refractivity contribution in [1.82, 2.24) is 0 Å². The van der Waals surface area contributed by atoms with Crippen LogP contribution in [0.2, 0.25) is 0 Å². The maximum atomic E-state index is 14.1. The molecule has 0 spiro atoms. The number of hydrogen-bond acceptors (Lipinski definition) is 1. The molecule has 0 radical (unpaired) electrons. The summed E-state index contributed by atoms with van der Waals surface area (Å²) in [5.41, 5.74) is 0.751. The molecule has 0 unspecified atom stereocenters. The number of halogens is 5. The Hall–Kier alpha value is -2.40. The molecule has 3 rings (SSSR count). The van der Waals surface area contributed by atoms with Crippen LogP contribution in [0.5, 0.6) is 0 Å². The number of benzene rings is 2. The van der Waals surface area contributed by atoms with Crippen LogP contribution in [-0.4, -0.2) is 6.18 Å². The van der Waals surface area contributed by atoms with Gasteiger partial charge in [-0.25, -0.2) is 4.39 Å². The van der Waals surface area contributed by atoms with Crippen LogP contribution in [0.4, 0.5) is 17.6 Å². The van der Waals surface area contributed by atoms with Crippen molar-refractivity contribution in [2.75, 3.05) is 0 Å². The van der Waals surface area contributed by atoms with Crippen molar-refractivity contribution in [2.45, 2.75) is 6.18 Å². The number of nitrogens with zero attached hydrogens (tertiary/aromatic N) is 1. The minimum absolute atomic E-state index is 0.0155. The van der Waals surface area contributed by atoms with E-state index < -0.39 is 17.6 Å². The topological polar surface area (TPSA) is 23.8 Å². The number of nitriles is 1. The third-order valence-electron chi connectivity index (χ3n) is 3.83. The summed E-state index contributed by atoms with van der Waals surface area (Å²) in [6.45, 7) is 0. The van der Waals surface area contributed by atoms with Gasteiger partial charge in [0.2, 0.25) is 5.83 Å². The molecular weight excluding hydrogens is 457 g/mol. The van der Waals surface area contributed by atoms with E-state index in [1.54, 1.807) is 60.7 Å². The van der Waals surface area contributed by atoms with Gasteiger partial charge in [0, 0.05) is 20.3 Å². The summed E-state index contributed by atoms with van der Waals surface area (Å²) in [5, 5.41) is 9.50. The number of rotatable bonds is 2. The maximum Gasteiger partial charge on any atom is 0.443 e. The van der Waals surface area contributed by atoms with E-state index >= 15 is 0 Å². The zero-order valence-corrected chi connectivity index (χ0v) is 15.3. The molecule has 0 saturated heterocycles. The third-order valence-corrected chi connectivity index (χ3v) is 4.99. The van der Waals surface area contributed by atoms with Crippen molar-refractivity contribution in [3.05, 3.63) is 94.3 Å². The minimum atomic E-state index is -5.10. The van der Waals surface area contributed by atoms with E-state index in [1.165, 1.54) is 0 Å². The lowest BCUT2D eigenvalue weighted by Crippen LogP contribution is -2.07. The molecule has 0 atom stereocenters. The Morgan fingerprint density at radius 1 is 0.808 bits per heavy atom. The highest BCUT2D eigenvalue weighted by atomic mass is 127. The summed E-state index contributed by atoms with van der Waals surface area (Å²) < 4.78 is 53.4. The third kappa shape index (κ3) is 3.44. The first-order chi connectivity index (χ1) is 12.4. The van der Waals surface area contributed by atoms with Crippen molar-refractivity contribution in [3.8, 4) is 6.07 Å². The van der Waals surface area contributed by atoms with E-state index in [2.05, 4.69) is 0 Å². The lowest BCUT2D eigenvalue weighted by molar-refractivity contribution is -0.109. The molecule has 0 bridgehead atoms. The van der Waals surface area contributed by atoms with Gasteiger partial charge in [-0.1, -0.05) is 60.7 Å². The van der Waals surface area contributed by atoms with E-state index in [1.807, 2.05) is 28.7 Å². The van der Waals surface area contributed by atoms with Crippen LogP contribution in [0, 0.1) is 11.3 Å². The van der Waals surface area contributed by atoms with E-state index in [0.29, 0.717) is 14.7 Å². The maximum absolute atomic E-state index is 14.1. The van der Waals surface area contributed by atoms with Gasteiger partial charge in [-0.2, -0.15) is 18.4 Å². The second-order valence-corrected chi connectivity index (χ2v) is 6.55. The van der Waals surface area contributed by atoms with Gasteiger partial charge in [-0.3, -0.25) is 0 Å². The van der Waals surface area contributed by atoms with Gasteiger partial charge in [-0.15, -0.1) is 0 Å². The quantitative estimate of drug-likeness (QED) is 0.277. The SMILES string of the molecule is N#CC(=C1C(=C(I)c2ccccc2)C1=C(F)C(F)(F)F)c1ccccc1. The highest BCUT2D eigenvalue weighted by Crippen LogP contribution is 2.57. The fraction of sp³-hybridized carbons (Fsp3) is 0.0500. The molecule has 1 nitrogen and oxygen atoms in total. The number of alkyl halides is 3. The van der Waals surface area contributed by atoms with Gasteiger partial charge in [0.25, 0.3) is 0 Å². The van der Waals surface area contributed by atoms with Crippen LogP contribution >= 0.6 is 22.6 Å². The highest BCUT2D eigenvalue weighted by molar-refractivity contribution is 14.1. The second kappa shape index (κ2) is 7.08. The summed E-state index contributed by atoms with van der Waals surface area (Å²) in [7, 11) is 0. The summed E-state index contributed by atoms with van der Waals surface area (Å²) in [4.78, 5) is 0. The zero-order chi connectivity index (χ0) is 18.9. The molecular formula is C20H10F4IN. The standard InChI is InChI=1S/C20H10F4IN/c21-19(20(22,23)24)17-15(14(11-26)12-7-3-1-4-8-12)16(17)18(25)13-9-5-2-6-10-13/h1-10H. The lowest BCUT2D eigenvalue weighted by atomic mass is 10.1. The van der Waals surface area contributed by atoms with Crippen LogP contribution in [0.25, 0.3) is 9.15 Å². The Balaban J connectivity index is 2.30. The molecule has 0 amide bonds. The molecule has 130 valence electrons. The Morgan fingerprint density at radius 2 is 1.31 bits per heavy atom.